The molecular formula is C22H32N4O3. The maximum absolute atomic E-state index is 13.5. The van der Waals surface area contributed by atoms with Crippen LogP contribution in [-0.2, 0) is 4.74 Å². The average Bonchev–Trinajstić information content (AvgIpc) is 3.07. The van der Waals surface area contributed by atoms with Gasteiger partial charge in [0.15, 0.2) is 5.69 Å². The number of fused-ring (bicyclic) bond motifs is 3. The lowest BCUT2D eigenvalue weighted by Gasteiger charge is -2.60. The van der Waals surface area contributed by atoms with Crippen LogP contribution in [0.1, 0.15) is 63.0 Å². The zero-order valence-electron chi connectivity index (χ0n) is 17.6. The zero-order valence-corrected chi connectivity index (χ0v) is 17.6. The van der Waals surface area contributed by atoms with Crippen molar-refractivity contribution in [2.45, 2.75) is 70.6 Å². The maximum atomic E-state index is 13.5. The Morgan fingerprint density at radius 1 is 1.31 bits per heavy atom. The summed E-state index contributed by atoms with van der Waals surface area (Å²) in [5, 5.41) is 22.2. The molecule has 1 amide bonds. The summed E-state index contributed by atoms with van der Waals surface area (Å²) in [6.07, 6.45) is 3.29. The van der Waals surface area contributed by atoms with E-state index < -0.39 is 0 Å². The number of nitrogens with zero attached hydrogens (tertiary/aromatic N) is 3. The van der Waals surface area contributed by atoms with Crippen molar-refractivity contribution in [3.05, 3.63) is 35.2 Å². The van der Waals surface area contributed by atoms with Crippen LogP contribution in [0.5, 0.6) is 0 Å². The van der Waals surface area contributed by atoms with E-state index in [0.717, 1.165) is 23.7 Å². The molecule has 7 nitrogen and oxygen atoms in total. The van der Waals surface area contributed by atoms with Gasteiger partial charge in [-0.05, 0) is 26.3 Å². The van der Waals surface area contributed by atoms with Gasteiger partial charge in [0.1, 0.15) is 12.1 Å². The van der Waals surface area contributed by atoms with Gasteiger partial charge in [-0.15, -0.1) is 0 Å². The molecule has 1 aromatic heterocycles. The number of para-hydroxylation sites is 1. The van der Waals surface area contributed by atoms with Crippen molar-refractivity contribution in [3.8, 4) is 0 Å². The Morgan fingerprint density at radius 2 is 2.00 bits per heavy atom. The van der Waals surface area contributed by atoms with Crippen molar-refractivity contribution in [2.24, 2.45) is 0 Å². The SMILES string of the molecule is CCCC[N+]1([O-])[C@@H]2COC[C@H]1CC(NC(=O)c1nn(C(C)C)c3ccccc13)C2. The van der Waals surface area contributed by atoms with E-state index in [1.165, 1.54) is 0 Å². The molecule has 3 heterocycles. The summed E-state index contributed by atoms with van der Waals surface area (Å²) in [4.78, 5) is 13.1. The van der Waals surface area contributed by atoms with E-state index in [2.05, 4.69) is 31.2 Å². The number of rotatable bonds is 6. The number of carbonyl (C=O) groups is 1. The molecule has 0 radical (unpaired) electrons. The number of benzene rings is 1. The molecule has 2 bridgehead atoms. The number of unbranched alkanes of at least 4 members (excludes halogenated alkanes) is 1. The molecule has 2 aliphatic rings. The summed E-state index contributed by atoms with van der Waals surface area (Å²) in [7, 11) is 0. The van der Waals surface area contributed by atoms with E-state index in [4.69, 9.17) is 4.74 Å². The number of piperidine rings is 1. The summed E-state index contributed by atoms with van der Waals surface area (Å²) >= 11 is 0. The van der Waals surface area contributed by atoms with Gasteiger partial charge < -0.3 is 19.9 Å². The lowest BCUT2D eigenvalue weighted by molar-refractivity contribution is -0.943. The van der Waals surface area contributed by atoms with E-state index in [1.807, 2.05) is 28.9 Å². The highest BCUT2D eigenvalue weighted by Crippen LogP contribution is 2.35. The van der Waals surface area contributed by atoms with Gasteiger partial charge in [-0.2, -0.15) is 5.10 Å². The number of aromatic nitrogens is 2. The largest absolute Gasteiger partial charge is 0.632 e. The first-order valence-corrected chi connectivity index (χ1v) is 10.9. The van der Waals surface area contributed by atoms with E-state index >= 15 is 0 Å². The van der Waals surface area contributed by atoms with Crippen molar-refractivity contribution in [3.63, 3.8) is 0 Å². The Morgan fingerprint density at radius 3 is 2.66 bits per heavy atom. The standard InChI is InChI=1S/C22H32N4O3/c1-4-5-10-26(28)17-11-16(12-18(26)14-29-13-17)23-22(27)21-19-8-6-7-9-20(19)25(24-21)15(2)3/h6-9,15-18H,4-5,10-14H2,1-3H3,(H,23,27)/t16?,17-,18+,26?. The summed E-state index contributed by atoms with van der Waals surface area (Å²) < 4.78 is 7.45. The highest BCUT2D eigenvalue weighted by Gasteiger charge is 2.47. The van der Waals surface area contributed by atoms with Crippen LogP contribution < -0.4 is 5.32 Å². The number of hydrogen-bond acceptors (Lipinski definition) is 4. The number of morpholine rings is 1. The van der Waals surface area contributed by atoms with Gasteiger partial charge in [-0.3, -0.25) is 9.48 Å². The van der Waals surface area contributed by atoms with Crippen molar-refractivity contribution in [2.75, 3.05) is 19.8 Å². The number of quaternary nitrogens is 1. The minimum atomic E-state index is -0.149. The topological polar surface area (TPSA) is 79.2 Å². The maximum Gasteiger partial charge on any atom is 0.272 e. The fourth-order valence-corrected chi connectivity index (χ4v) is 4.93. The first-order chi connectivity index (χ1) is 13.9. The van der Waals surface area contributed by atoms with Crippen molar-refractivity contribution in [1.82, 2.24) is 15.1 Å². The van der Waals surface area contributed by atoms with Crippen LogP contribution in [0.15, 0.2) is 24.3 Å². The molecule has 0 spiro atoms. The molecule has 1 N–H and O–H groups in total. The molecule has 2 unspecified atom stereocenters. The first kappa shape index (κ1) is 20.3. The number of hydrogen-bond donors (Lipinski definition) is 1. The van der Waals surface area contributed by atoms with Crippen LogP contribution in [0, 0.1) is 5.21 Å². The van der Waals surface area contributed by atoms with E-state index in [1.54, 1.807) is 0 Å². The molecular weight excluding hydrogens is 368 g/mol. The van der Waals surface area contributed by atoms with Crippen LogP contribution >= 0.6 is 0 Å². The number of carbonyl (C=O) groups excluding carboxylic acids is 1. The number of nitrogens with one attached hydrogen (secondary N) is 1. The fourth-order valence-electron chi connectivity index (χ4n) is 4.93. The molecule has 158 valence electrons. The second-order valence-corrected chi connectivity index (χ2v) is 8.82. The quantitative estimate of drug-likeness (QED) is 0.595. The second kappa shape index (κ2) is 8.05. The number of ether oxygens (including phenoxy) is 1. The zero-order chi connectivity index (χ0) is 20.6. The van der Waals surface area contributed by atoms with Gasteiger partial charge in [-0.1, -0.05) is 31.5 Å². The third kappa shape index (κ3) is 3.67. The number of hydroxylamine groups is 3. The van der Waals surface area contributed by atoms with Gasteiger partial charge in [0.05, 0.1) is 25.3 Å². The fraction of sp³-hybridized carbons (Fsp3) is 0.636. The summed E-state index contributed by atoms with van der Waals surface area (Å²) in [6.45, 7) is 7.87. The molecule has 4 rings (SSSR count). The van der Waals surface area contributed by atoms with E-state index in [0.29, 0.717) is 38.3 Å². The van der Waals surface area contributed by atoms with Crippen LogP contribution in [0.4, 0.5) is 0 Å². The molecule has 2 aliphatic heterocycles. The minimum absolute atomic E-state index is 0.00816. The van der Waals surface area contributed by atoms with E-state index in [-0.39, 0.29) is 34.7 Å². The van der Waals surface area contributed by atoms with Crippen LogP contribution in [-0.4, -0.2) is 58.2 Å². The molecule has 29 heavy (non-hydrogen) atoms. The molecule has 0 saturated carbocycles. The van der Waals surface area contributed by atoms with Gasteiger partial charge in [-0.25, -0.2) is 0 Å². The number of amides is 1. The Balaban J connectivity index is 1.52. The predicted molar refractivity (Wildman–Crippen MR) is 112 cm³/mol. The van der Waals surface area contributed by atoms with Gasteiger partial charge >= 0.3 is 0 Å². The predicted octanol–water partition coefficient (Wildman–Crippen LogP) is 3.39. The molecule has 0 aliphatic carbocycles. The normalized spacial score (nSPS) is 29.3. The van der Waals surface area contributed by atoms with Crippen LogP contribution in [0.2, 0.25) is 0 Å². The Labute approximate surface area is 172 Å². The Bertz CT molecular complexity index is 864. The third-order valence-corrected chi connectivity index (χ3v) is 6.48. The molecule has 2 aromatic rings. The molecule has 2 saturated heterocycles. The van der Waals surface area contributed by atoms with Gasteiger partial charge in [0, 0.05) is 30.3 Å². The highest BCUT2D eigenvalue weighted by atomic mass is 16.6. The Kier molecular flexibility index (Phi) is 5.64. The van der Waals surface area contributed by atoms with Gasteiger partial charge in [0.2, 0.25) is 0 Å². The van der Waals surface area contributed by atoms with Crippen LogP contribution in [0.3, 0.4) is 0 Å². The second-order valence-electron chi connectivity index (χ2n) is 8.82. The smallest absolute Gasteiger partial charge is 0.272 e. The van der Waals surface area contributed by atoms with Gasteiger partial charge in [0.25, 0.3) is 5.91 Å². The van der Waals surface area contributed by atoms with Crippen molar-refractivity contribution in [1.29, 1.82) is 0 Å². The Hall–Kier alpha value is -1.96. The monoisotopic (exact) mass is 400 g/mol. The first-order valence-electron chi connectivity index (χ1n) is 10.9. The van der Waals surface area contributed by atoms with Crippen molar-refractivity contribution < 1.29 is 14.2 Å². The summed E-state index contributed by atoms with van der Waals surface area (Å²) in [6, 6.07) is 7.83. The molecule has 7 heteroatoms. The highest BCUT2D eigenvalue weighted by molar-refractivity contribution is 6.05. The van der Waals surface area contributed by atoms with Crippen molar-refractivity contribution >= 4 is 16.8 Å². The summed E-state index contributed by atoms with van der Waals surface area (Å²) in [5.41, 5.74) is 1.44. The minimum Gasteiger partial charge on any atom is -0.632 e. The average molecular weight is 401 g/mol. The van der Waals surface area contributed by atoms with Crippen LogP contribution in [0.25, 0.3) is 10.9 Å². The lowest BCUT2D eigenvalue weighted by Crippen LogP contribution is -2.69. The van der Waals surface area contributed by atoms with E-state index in [9.17, 15) is 10.0 Å². The molecule has 1 aromatic carbocycles. The summed E-state index contributed by atoms with van der Waals surface area (Å²) in [5.74, 6) is -0.149. The third-order valence-electron chi connectivity index (χ3n) is 6.48. The molecule has 2 fully saturated rings. The molecule has 4 atom stereocenters. The lowest BCUT2D eigenvalue weighted by atomic mass is 9.88.